The number of benzene rings is 2. The molecule has 0 aliphatic carbocycles. The predicted molar refractivity (Wildman–Crippen MR) is 112 cm³/mol. The van der Waals surface area contributed by atoms with E-state index in [1.165, 1.54) is 4.31 Å². The molecule has 0 aliphatic rings. The average Bonchev–Trinajstić information content (AvgIpc) is 2.54. The number of carbonyl (C=O) groups is 1. The van der Waals surface area contributed by atoms with Gasteiger partial charge >= 0.3 is 0 Å². The molecule has 0 aliphatic heterocycles. The van der Waals surface area contributed by atoms with Crippen molar-refractivity contribution in [1.82, 2.24) is 0 Å². The van der Waals surface area contributed by atoms with Gasteiger partial charge in [-0.3, -0.25) is 9.10 Å². The Hall–Kier alpha value is -2.34. The van der Waals surface area contributed by atoms with Gasteiger partial charge in [0.1, 0.15) is 6.54 Å². The van der Waals surface area contributed by atoms with Crippen LogP contribution in [0.3, 0.4) is 0 Å². The van der Waals surface area contributed by atoms with Gasteiger partial charge < -0.3 is 5.32 Å². The first kappa shape index (κ1) is 21.0. The zero-order valence-corrected chi connectivity index (χ0v) is 17.6. The average molecular weight is 389 g/mol. The van der Waals surface area contributed by atoms with E-state index >= 15 is 0 Å². The molecule has 5 nitrogen and oxygen atoms in total. The summed E-state index contributed by atoms with van der Waals surface area (Å²) in [5.74, 6) is -0.374. The second kappa shape index (κ2) is 7.72. The number of carbonyl (C=O) groups excluding carboxylic acids is 1. The third kappa shape index (κ3) is 5.10. The first-order valence-corrected chi connectivity index (χ1v) is 10.7. The van der Waals surface area contributed by atoms with E-state index in [1.807, 2.05) is 65.0 Å². The Labute approximate surface area is 162 Å². The van der Waals surface area contributed by atoms with Crippen molar-refractivity contribution in [3.63, 3.8) is 0 Å². The van der Waals surface area contributed by atoms with Crippen LogP contribution in [0.15, 0.2) is 42.5 Å². The minimum absolute atomic E-state index is 0.261. The van der Waals surface area contributed by atoms with Crippen molar-refractivity contribution in [3.8, 4) is 0 Å². The molecular weight excluding hydrogens is 360 g/mol. The molecule has 0 radical (unpaired) electrons. The van der Waals surface area contributed by atoms with E-state index in [9.17, 15) is 13.2 Å². The van der Waals surface area contributed by atoms with Crippen LogP contribution < -0.4 is 9.62 Å². The molecule has 0 atom stereocenters. The minimum Gasteiger partial charge on any atom is -0.324 e. The smallest absolute Gasteiger partial charge is 0.245 e. The highest BCUT2D eigenvalue weighted by atomic mass is 32.2. The first-order chi connectivity index (χ1) is 12.4. The fourth-order valence-electron chi connectivity index (χ4n) is 3.03. The lowest BCUT2D eigenvalue weighted by molar-refractivity contribution is -0.114. The molecule has 0 saturated carbocycles. The van der Waals surface area contributed by atoms with Crippen LogP contribution >= 0.6 is 0 Å². The van der Waals surface area contributed by atoms with Crippen molar-refractivity contribution < 1.29 is 13.2 Å². The van der Waals surface area contributed by atoms with Crippen molar-refractivity contribution in [2.45, 2.75) is 40.0 Å². The molecule has 1 N–H and O–H groups in total. The Morgan fingerprint density at radius 1 is 1.00 bits per heavy atom. The molecule has 2 aromatic rings. The van der Waals surface area contributed by atoms with Crippen LogP contribution in [0.25, 0.3) is 0 Å². The summed E-state index contributed by atoms with van der Waals surface area (Å²) in [7, 11) is -3.64. The standard InChI is InChI=1S/C21H28N2O3S/c1-15-10-9-11-16(2)20(15)22-19(24)14-23(27(6,25)26)18-13-8-7-12-17(18)21(3,4)5/h7-13H,14H2,1-6H3,(H,22,24). The highest BCUT2D eigenvalue weighted by Gasteiger charge is 2.27. The fraction of sp³-hybridized carbons (Fsp3) is 0.381. The summed E-state index contributed by atoms with van der Waals surface area (Å²) in [6.07, 6.45) is 1.12. The SMILES string of the molecule is Cc1cccc(C)c1NC(=O)CN(c1ccccc1C(C)(C)C)S(C)(=O)=O. The number of amides is 1. The molecule has 0 heterocycles. The maximum atomic E-state index is 12.7. The molecule has 2 rings (SSSR count). The number of nitrogens with zero attached hydrogens (tertiary/aromatic N) is 1. The van der Waals surface area contributed by atoms with Gasteiger partial charge in [-0.2, -0.15) is 0 Å². The number of hydrogen-bond donors (Lipinski definition) is 1. The zero-order valence-electron chi connectivity index (χ0n) is 16.8. The largest absolute Gasteiger partial charge is 0.324 e. The summed E-state index contributed by atoms with van der Waals surface area (Å²) in [4.78, 5) is 12.7. The van der Waals surface area contributed by atoms with Crippen LogP contribution in [0.1, 0.15) is 37.5 Å². The highest BCUT2D eigenvalue weighted by Crippen LogP contribution is 2.33. The Balaban J connectivity index is 2.39. The molecule has 0 spiro atoms. The molecular formula is C21H28N2O3S. The Bertz CT molecular complexity index is 924. The number of hydrogen-bond acceptors (Lipinski definition) is 3. The monoisotopic (exact) mass is 388 g/mol. The van der Waals surface area contributed by atoms with Crippen molar-refractivity contribution in [2.75, 3.05) is 22.4 Å². The molecule has 0 aromatic heterocycles. The topological polar surface area (TPSA) is 66.5 Å². The van der Waals surface area contributed by atoms with E-state index in [2.05, 4.69) is 5.32 Å². The summed E-state index contributed by atoms with van der Waals surface area (Å²) in [6.45, 7) is 9.59. The summed E-state index contributed by atoms with van der Waals surface area (Å²) >= 11 is 0. The van der Waals surface area contributed by atoms with Crippen LogP contribution in [0.4, 0.5) is 11.4 Å². The summed E-state index contributed by atoms with van der Waals surface area (Å²) in [5, 5.41) is 2.86. The number of nitrogens with one attached hydrogen (secondary N) is 1. The van der Waals surface area contributed by atoms with E-state index in [0.717, 1.165) is 28.6 Å². The Morgan fingerprint density at radius 3 is 2.07 bits per heavy atom. The van der Waals surface area contributed by atoms with Crippen molar-refractivity contribution in [1.29, 1.82) is 0 Å². The lowest BCUT2D eigenvalue weighted by atomic mass is 9.86. The third-order valence-electron chi connectivity index (χ3n) is 4.41. The van der Waals surface area contributed by atoms with Crippen molar-refractivity contribution in [2.24, 2.45) is 0 Å². The van der Waals surface area contributed by atoms with Gasteiger partial charge in [-0.05, 0) is 42.0 Å². The Morgan fingerprint density at radius 2 is 1.56 bits per heavy atom. The van der Waals surface area contributed by atoms with Gasteiger partial charge in [0.25, 0.3) is 0 Å². The van der Waals surface area contributed by atoms with Crippen LogP contribution in [-0.2, 0) is 20.2 Å². The maximum Gasteiger partial charge on any atom is 0.245 e. The lowest BCUT2D eigenvalue weighted by Gasteiger charge is -2.29. The van der Waals surface area contributed by atoms with Crippen molar-refractivity contribution in [3.05, 3.63) is 59.2 Å². The van der Waals surface area contributed by atoms with Crippen LogP contribution in [0.2, 0.25) is 0 Å². The van der Waals surface area contributed by atoms with Crippen LogP contribution in [0, 0.1) is 13.8 Å². The fourth-order valence-corrected chi connectivity index (χ4v) is 3.90. The zero-order chi connectivity index (χ0) is 20.4. The molecule has 2 aromatic carbocycles. The maximum absolute atomic E-state index is 12.7. The molecule has 146 valence electrons. The second-order valence-corrected chi connectivity index (χ2v) is 9.76. The quantitative estimate of drug-likeness (QED) is 0.842. The number of para-hydroxylation sites is 2. The third-order valence-corrected chi connectivity index (χ3v) is 5.54. The van der Waals surface area contributed by atoms with Crippen LogP contribution in [0.5, 0.6) is 0 Å². The molecule has 0 unspecified atom stereocenters. The van der Waals surface area contributed by atoms with Gasteiger partial charge in [-0.1, -0.05) is 57.2 Å². The van der Waals surface area contributed by atoms with E-state index < -0.39 is 10.0 Å². The second-order valence-electron chi connectivity index (χ2n) is 7.85. The predicted octanol–water partition coefficient (Wildman–Crippen LogP) is 4.01. The van der Waals surface area contributed by atoms with Gasteiger partial charge in [0, 0.05) is 5.69 Å². The normalized spacial score (nSPS) is 11.9. The number of anilines is 2. The minimum atomic E-state index is -3.64. The Kier molecular flexibility index (Phi) is 6.00. The molecule has 6 heteroatoms. The van der Waals surface area contributed by atoms with Crippen molar-refractivity contribution >= 4 is 27.3 Å². The number of aryl methyl sites for hydroxylation is 2. The van der Waals surface area contributed by atoms with E-state index in [4.69, 9.17) is 0 Å². The molecule has 1 amide bonds. The molecule has 0 saturated heterocycles. The van der Waals surface area contributed by atoms with Gasteiger partial charge in [-0.25, -0.2) is 8.42 Å². The van der Waals surface area contributed by atoms with Crippen LogP contribution in [-0.4, -0.2) is 27.1 Å². The highest BCUT2D eigenvalue weighted by molar-refractivity contribution is 7.92. The summed E-state index contributed by atoms with van der Waals surface area (Å²) < 4.78 is 26.1. The van der Waals surface area contributed by atoms with Gasteiger partial charge in [0.2, 0.25) is 15.9 Å². The van der Waals surface area contributed by atoms with Gasteiger partial charge in [-0.15, -0.1) is 0 Å². The summed E-state index contributed by atoms with van der Waals surface area (Å²) in [6, 6.07) is 13.0. The lowest BCUT2D eigenvalue weighted by Crippen LogP contribution is -2.39. The number of rotatable bonds is 5. The summed E-state index contributed by atoms with van der Waals surface area (Å²) in [5.41, 5.74) is 3.73. The molecule has 27 heavy (non-hydrogen) atoms. The van der Waals surface area contributed by atoms with E-state index in [0.29, 0.717) is 5.69 Å². The molecule has 0 fully saturated rings. The molecule has 0 bridgehead atoms. The van der Waals surface area contributed by atoms with E-state index in [-0.39, 0.29) is 17.9 Å². The number of sulfonamides is 1. The van der Waals surface area contributed by atoms with Gasteiger partial charge in [0.05, 0.1) is 11.9 Å². The van der Waals surface area contributed by atoms with Gasteiger partial charge in [0.15, 0.2) is 0 Å². The first-order valence-electron chi connectivity index (χ1n) is 8.84. The van der Waals surface area contributed by atoms with E-state index in [1.54, 1.807) is 12.1 Å².